The van der Waals surface area contributed by atoms with Crippen molar-refractivity contribution in [1.82, 2.24) is 0 Å². The van der Waals surface area contributed by atoms with Crippen LogP contribution in [0.3, 0.4) is 0 Å². The van der Waals surface area contributed by atoms with Crippen LogP contribution >= 0.6 is 11.3 Å². The van der Waals surface area contributed by atoms with Crippen molar-refractivity contribution in [2.24, 2.45) is 0 Å². The van der Waals surface area contributed by atoms with E-state index in [4.69, 9.17) is 5.73 Å². The van der Waals surface area contributed by atoms with Crippen LogP contribution in [0, 0.1) is 0 Å². The molecule has 4 N–H and O–H groups in total. The Hall–Kier alpha value is -2.01. The number of anilines is 3. The lowest BCUT2D eigenvalue weighted by molar-refractivity contribution is -0.116. The summed E-state index contributed by atoms with van der Waals surface area (Å²) in [5, 5.41) is 10.5. The van der Waals surface area contributed by atoms with Crippen molar-refractivity contribution in [3.05, 3.63) is 40.1 Å². The summed E-state index contributed by atoms with van der Waals surface area (Å²) in [6.45, 7) is 2.10. The van der Waals surface area contributed by atoms with Crippen molar-refractivity contribution < 1.29 is 4.79 Å². The maximum absolute atomic E-state index is 11.5. The molecule has 0 spiro atoms. The van der Waals surface area contributed by atoms with E-state index in [2.05, 4.69) is 34.4 Å². The minimum absolute atomic E-state index is 0.0686. The monoisotopic (exact) mass is 287 g/mol. The number of nitrogens with two attached hydrogens (primary N) is 1. The number of nitrogen functional groups attached to an aromatic ring is 1. The van der Waals surface area contributed by atoms with Crippen molar-refractivity contribution >= 4 is 34.3 Å². The van der Waals surface area contributed by atoms with E-state index in [9.17, 15) is 4.79 Å². The number of hydrogen-bond acceptors (Lipinski definition) is 4. The first-order valence-corrected chi connectivity index (χ1v) is 7.58. The molecule has 0 bridgehead atoms. The van der Waals surface area contributed by atoms with Crippen molar-refractivity contribution in [1.29, 1.82) is 0 Å². The molecular formula is C15H17N3OS. The first-order valence-electron chi connectivity index (χ1n) is 6.64. The zero-order valence-corrected chi connectivity index (χ0v) is 12.1. The molecular weight excluding hydrogens is 270 g/mol. The van der Waals surface area contributed by atoms with Gasteiger partial charge < -0.3 is 16.4 Å². The second-order valence-electron chi connectivity index (χ2n) is 5.07. The maximum atomic E-state index is 11.5. The van der Waals surface area contributed by atoms with Crippen LogP contribution in [-0.4, -0.2) is 5.91 Å². The van der Waals surface area contributed by atoms with Gasteiger partial charge >= 0.3 is 0 Å². The fourth-order valence-corrected chi connectivity index (χ4v) is 3.16. The van der Waals surface area contributed by atoms with Gasteiger partial charge in [0.1, 0.15) is 0 Å². The van der Waals surface area contributed by atoms with Gasteiger partial charge in [-0.05, 0) is 53.4 Å². The summed E-state index contributed by atoms with van der Waals surface area (Å²) in [7, 11) is 0. The fraction of sp³-hybridized carbons (Fsp3) is 0.267. The molecule has 3 rings (SSSR count). The first-order chi connectivity index (χ1) is 9.63. The molecule has 1 aliphatic rings. The number of fused-ring (bicyclic) bond motifs is 1. The minimum Gasteiger partial charge on any atom is -0.397 e. The van der Waals surface area contributed by atoms with Gasteiger partial charge in [0.2, 0.25) is 5.91 Å². The maximum Gasteiger partial charge on any atom is 0.224 e. The summed E-state index contributed by atoms with van der Waals surface area (Å²) in [4.78, 5) is 11.5. The number of amides is 1. The molecule has 2 aromatic rings. The Labute approximate surface area is 122 Å². The van der Waals surface area contributed by atoms with E-state index in [0.717, 1.165) is 29.0 Å². The predicted molar refractivity (Wildman–Crippen MR) is 84.2 cm³/mol. The van der Waals surface area contributed by atoms with Crippen LogP contribution in [0.5, 0.6) is 0 Å². The van der Waals surface area contributed by atoms with E-state index in [-0.39, 0.29) is 11.9 Å². The summed E-state index contributed by atoms with van der Waals surface area (Å²) >= 11 is 1.68. The Morgan fingerprint density at radius 1 is 1.40 bits per heavy atom. The molecule has 0 aliphatic carbocycles. The van der Waals surface area contributed by atoms with Gasteiger partial charge in [-0.1, -0.05) is 0 Å². The highest BCUT2D eigenvalue weighted by atomic mass is 32.1. The van der Waals surface area contributed by atoms with Gasteiger partial charge in [-0.25, -0.2) is 0 Å². The highest BCUT2D eigenvalue weighted by Gasteiger charge is 2.17. The van der Waals surface area contributed by atoms with Crippen molar-refractivity contribution in [3.8, 4) is 0 Å². The molecule has 104 valence electrons. The lowest BCUT2D eigenvalue weighted by Crippen LogP contribution is -2.19. The van der Waals surface area contributed by atoms with Crippen LogP contribution in [0.25, 0.3) is 0 Å². The summed E-state index contributed by atoms with van der Waals surface area (Å²) in [5.74, 6) is 0.0686. The van der Waals surface area contributed by atoms with Gasteiger partial charge in [-0.15, -0.1) is 0 Å². The first kappa shape index (κ1) is 13.0. The molecule has 0 radical (unpaired) electrons. The van der Waals surface area contributed by atoms with E-state index in [0.29, 0.717) is 6.42 Å². The standard InChI is InChI=1S/C15H17N3OS/c1-9(11-4-5-20-8-11)17-14-7-13-10(6-12(14)16)2-3-15(19)18-13/h4-9,17H,2-3,16H2,1H3,(H,18,19). The van der Waals surface area contributed by atoms with Crippen molar-refractivity contribution in [2.45, 2.75) is 25.8 Å². The third-order valence-electron chi connectivity index (χ3n) is 3.59. The summed E-state index contributed by atoms with van der Waals surface area (Å²) in [5.41, 5.74) is 10.9. The molecule has 5 heteroatoms. The summed E-state index contributed by atoms with van der Waals surface area (Å²) in [6.07, 6.45) is 1.29. The molecule has 0 fully saturated rings. The molecule has 1 amide bonds. The minimum atomic E-state index is 0.0686. The van der Waals surface area contributed by atoms with E-state index < -0.39 is 0 Å². The summed E-state index contributed by atoms with van der Waals surface area (Å²) in [6, 6.07) is 6.17. The van der Waals surface area contributed by atoms with Gasteiger partial charge in [-0.2, -0.15) is 11.3 Å². The fourth-order valence-electron chi connectivity index (χ4n) is 2.41. The van der Waals surface area contributed by atoms with Crippen LogP contribution < -0.4 is 16.4 Å². The Balaban J connectivity index is 1.86. The normalized spacial score (nSPS) is 15.3. The third-order valence-corrected chi connectivity index (χ3v) is 4.29. The van der Waals surface area contributed by atoms with Crippen molar-refractivity contribution in [2.75, 3.05) is 16.4 Å². The molecule has 0 saturated heterocycles. The lowest BCUT2D eigenvalue weighted by Gasteiger charge is -2.21. The molecule has 2 heterocycles. The smallest absolute Gasteiger partial charge is 0.224 e. The number of nitrogens with one attached hydrogen (secondary N) is 2. The lowest BCUT2D eigenvalue weighted by atomic mass is 10.0. The Bertz CT molecular complexity index is 637. The second kappa shape index (κ2) is 5.17. The van der Waals surface area contributed by atoms with Gasteiger partial charge in [-0.3, -0.25) is 4.79 Å². The Morgan fingerprint density at radius 2 is 2.25 bits per heavy atom. The zero-order valence-electron chi connectivity index (χ0n) is 11.3. The van der Waals surface area contributed by atoms with E-state index >= 15 is 0 Å². The van der Waals surface area contributed by atoms with E-state index in [1.807, 2.05) is 12.1 Å². The second-order valence-corrected chi connectivity index (χ2v) is 5.85. The van der Waals surface area contributed by atoms with Crippen LogP contribution in [-0.2, 0) is 11.2 Å². The number of carbonyl (C=O) groups excluding carboxylic acids is 1. The molecule has 0 saturated carbocycles. The quantitative estimate of drug-likeness (QED) is 0.758. The molecule has 1 atom stereocenters. The van der Waals surface area contributed by atoms with Gasteiger partial charge in [0, 0.05) is 18.2 Å². The molecule has 4 nitrogen and oxygen atoms in total. The molecule has 20 heavy (non-hydrogen) atoms. The molecule has 1 aromatic heterocycles. The third kappa shape index (κ3) is 2.49. The van der Waals surface area contributed by atoms with Gasteiger partial charge in [0.25, 0.3) is 0 Å². The van der Waals surface area contributed by atoms with Crippen LogP contribution in [0.1, 0.15) is 30.5 Å². The number of hydrogen-bond donors (Lipinski definition) is 3. The Kier molecular flexibility index (Phi) is 3.36. The van der Waals surface area contributed by atoms with Gasteiger partial charge in [0.15, 0.2) is 0 Å². The zero-order chi connectivity index (χ0) is 14.1. The van der Waals surface area contributed by atoms with Crippen LogP contribution in [0.15, 0.2) is 29.0 Å². The topological polar surface area (TPSA) is 67.1 Å². The number of rotatable bonds is 3. The predicted octanol–water partition coefficient (Wildman–Crippen LogP) is 3.39. The van der Waals surface area contributed by atoms with Crippen molar-refractivity contribution in [3.63, 3.8) is 0 Å². The SMILES string of the molecule is CC(Nc1cc2c(cc1N)CCC(=O)N2)c1ccsc1. The number of aryl methyl sites for hydroxylation is 1. The number of benzene rings is 1. The van der Waals surface area contributed by atoms with Crippen LogP contribution in [0.4, 0.5) is 17.1 Å². The highest BCUT2D eigenvalue weighted by Crippen LogP contribution is 2.33. The average molecular weight is 287 g/mol. The molecule has 1 aromatic carbocycles. The van der Waals surface area contributed by atoms with E-state index in [1.165, 1.54) is 5.56 Å². The summed E-state index contributed by atoms with van der Waals surface area (Å²) < 4.78 is 0. The number of carbonyl (C=O) groups is 1. The van der Waals surface area contributed by atoms with E-state index in [1.54, 1.807) is 11.3 Å². The average Bonchev–Trinajstić information content (AvgIpc) is 2.94. The van der Waals surface area contributed by atoms with Crippen LogP contribution in [0.2, 0.25) is 0 Å². The highest BCUT2D eigenvalue weighted by molar-refractivity contribution is 7.08. The number of thiophene rings is 1. The Morgan fingerprint density at radius 3 is 3.00 bits per heavy atom. The van der Waals surface area contributed by atoms with Gasteiger partial charge in [0.05, 0.1) is 11.4 Å². The largest absolute Gasteiger partial charge is 0.397 e. The molecule has 1 unspecified atom stereocenters. The molecule has 1 aliphatic heterocycles.